The van der Waals surface area contributed by atoms with Crippen LogP contribution in [-0.2, 0) is 4.74 Å². The molecular weight excluding hydrogens is 259 g/mol. The zero-order valence-electron chi connectivity index (χ0n) is 11.3. The third-order valence-electron chi connectivity index (χ3n) is 3.31. The Labute approximate surface area is 117 Å². The minimum atomic E-state index is -0.575. The lowest BCUT2D eigenvalue weighted by atomic mass is 9.89. The zero-order chi connectivity index (χ0) is 14.5. The number of amides is 1. The highest BCUT2D eigenvalue weighted by atomic mass is 19.1. The van der Waals surface area contributed by atoms with Gasteiger partial charge in [-0.1, -0.05) is 11.8 Å². The van der Waals surface area contributed by atoms with E-state index in [9.17, 15) is 9.18 Å². The molecule has 0 aromatic heterocycles. The second-order valence-electron chi connectivity index (χ2n) is 4.70. The molecular formula is C15H17FN2O2. The average molecular weight is 276 g/mol. The highest BCUT2D eigenvalue weighted by molar-refractivity contribution is 5.94. The fraction of sp³-hybridized carbons (Fsp3) is 0.400. The maximum atomic E-state index is 13.9. The average Bonchev–Trinajstić information content (AvgIpc) is 2.39. The van der Waals surface area contributed by atoms with Gasteiger partial charge >= 0.3 is 0 Å². The van der Waals surface area contributed by atoms with Crippen molar-refractivity contribution in [2.45, 2.75) is 25.0 Å². The first-order chi connectivity index (χ1) is 9.63. The molecule has 20 heavy (non-hydrogen) atoms. The molecule has 0 unspecified atom stereocenters. The van der Waals surface area contributed by atoms with E-state index in [4.69, 9.17) is 10.5 Å². The molecule has 0 spiro atoms. The van der Waals surface area contributed by atoms with Crippen molar-refractivity contribution in [1.82, 2.24) is 5.32 Å². The van der Waals surface area contributed by atoms with Gasteiger partial charge in [-0.05, 0) is 31.0 Å². The number of halogens is 1. The number of methoxy groups -OCH3 is 1. The van der Waals surface area contributed by atoms with Crippen LogP contribution in [-0.4, -0.2) is 31.7 Å². The summed E-state index contributed by atoms with van der Waals surface area (Å²) in [5, 5.41) is 2.79. The summed E-state index contributed by atoms with van der Waals surface area (Å²) in [6, 6.07) is 4.36. The summed E-state index contributed by atoms with van der Waals surface area (Å²) < 4.78 is 19.0. The van der Waals surface area contributed by atoms with Crippen molar-refractivity contribution < 1.29 is 13.9 Å². The predicted molar refractivity (Wildman–Crippen MR) is 73.6 cm³/mol. The van der Waals surface area contributed by atoms with Gasteiger partial charge in [-0.15, -0.1) is 0 Å². The van der Waals surface area contributed by atoms with E-state index in [2.05, 4.69) is 17.2 Å². The molecule has 0 heterocycles. The Balaban J connectivity index is 2.00. The fourth-order valence-corrected chi connectivity index (χ4v) is 2.07. The van der Waals surface area contributed by atoms with Crippen LogP contribution < -0.4 is 11.1 Å². The summed E-state index contributed by atoms with van der Waals surface area (Å²) in [6.07, 6.45) is 1.73. The third-order valence-corrected chi connectivity index (χ3v) is 3.31. The summed E-state index contributed by atoms with van der Waals surface area (Å²) in [4.78, 5) is 11.9. The molecule has 0 atom stereocenters. The Morgan fingerprint density at radius 3 is 2.90 bits per heavy atom. The van der Waals surface area contributed by atoms with Gasteiger partial charge < -0.3 is 15.8 Å². The van der Waals surface area contributed by atoms with Gasteiger partial charge in [0.1, 0.15) is 5.82 Å². The number of carbonyl (C=O) groups excluding carboxylic acids is 1. The Hall–Kier alpha value is -1.90. The SMILES string of the molecule is COC1CC(NC(=O)c2ccc(C#CCN)cc2F)C1. The summed E-state index contributed by atoms with van der Waals surface area (Å²) >= 11 is 0. The summed E-state index contributed by atoms with van der Waals surface area (Å²) in [7, 11) is 1.64. The van der Waals surface area contributed by atoms with Crippen molar-refractivity contribution in [2.75, 3.05) is 13.7 Å². The van der Waals surface area contributed by atoms with Gasteiger partial charge in [0.25, 0.3) is 5.91 Å². The first kappa shape index (κ1) is 14.5. The van der Waals surface area contributed by atoms with Crippen LogP contribution in [0.4, 0.5) is 4.39 Å². The van der Waals surface area contributed by atoms with Crippen molar-refractivity contribution in [3.8, 4) is 11.8 Å². The summed E-state index contributed by atoms with van der Waals surface area (Å²) in [6.45, 7) is 0.214. The quantitative estimate of drug-likeness (QED) is 0.811. The van der Waals surface area contributed by atoms with Gasteiger partial charge in [0.05, 0.1) is 18.2 Å². The van der Waals surface area contributed by atoms with E-state index in [1.807, 2.05) is 0 Å². The van der Waals surface area contributed by atoms with Gasteiger partial charge in [0.2, 0.25) is 0 Å². The molecule has 1 aromatic carbocycles. The lowest BCUT2D eigenvalue weighted by Gasteiger charge is -2.34. The first-order valence-corrected chi connectivity index (χ1v) is 6.46. The standard InChI is InChI=1S/C15H17FN2O2/c1-20-12-8-11(9-12)18-15(19)13-5-4-10(3-2-6-17)7-14(13)16/h4-5,7,11-12H,6,8-9,17H2,1H3,(H,18,19). The molecule has 1 aromatic rings. The van der Waals surface area contributed by atoms with Crippen LogP contribution >= 0.6 is 0 Å². The normalized spacial score (nSPS) is 20.6. The molecule has 1 fully saturated rings. The largest absolute Gasteiger partial charge is 0.381 e. The predicted octanol–water partition coefficient (Wildman–Crippen LogP) is 1.04. The van der Waals surface area contributed by atoms with Gasteiger partial charge in [-0.25, -0.2) is 4.39 Å². The van der Waals surface area contributed by atoms with Crippen LogP contribution in [0.15, 0.2) is 18.2 Å². The van der Waals surface area contributed by atoms with E-state index < -0.39 is 11.7 Å². The van der Waals surface area contributed by atoms with E-state index >= 15 is 0 Å². The van der Waals surface area contributed by atoms with E-state index in [0.717, 1.165) is 12.8 Å². The van der Waals surface area contributed by atoms with E-state index in [-0.39, 0.29) is 24.3 Å². The van der Waals surface area contributed by atoms with E-state index in [1.54, 1.807) is 13.2 Å². The highest BCUT2D eigenvalue weighted by Gasteiger charge is 2.30. The number of carbonyl (C=O) groups is 1. The number of nitrogens with two attached hydrogens (primary N) is 1. The molecule has 1 aliphatic carbocycles. The smallest absolute Gasteiger partial charge is 0.254 e. The number of hydrogen-bond donors (Lipinski definition) is 2. The van der Waals surface area contributed by atoms with E-state index in [0.29, 0.717) is 5.56 Å². The molecule has 1 saturated carbocycles. The minimum Gasteiger partial charge on any atom is -0.381 e. The van der Waals surface area contributed by atoms with Crippen LogP contribution in [0.2, 0.25) is 0 Å². The summed E-state index contributed by atoms with van der Waals surface area (Å²) in [5.74, 6) is 4.39. The third kappa shape index (κ3) is 3.35. The fourth-order valence-electron chi connectivity index (χ4n) is 2.07. The van der Waals surface area contributed by atoms with Crippen LogP contribution in [0, 0.1) is 17.7 Å². The molecule has 0 saturated heterocycles. The topological polar surface area (TPSA) is 64.3 Å². The number of rotatable bonds is 3. The minimum absolute atomic E-state index is 0.0316. The number of nitrogens with one attached hydrogen (secondary N) is 1. The highest BCUT2D eigenvalue weighted by Crippen LogP contribution is 2.23. The lowest BCUT2D eigenvalue weighted by Crippen LogP contribution is -2.47. The van der Waals surface area contributed by atoms with Crippen molar-refractivity contribution in [1.29, 1.82) is 0 Å². The molecule has 106 valence electrons. The van der Waals surface area contributed by atoms with Crippen molar-refractivity contribution >= 4 is 5.91 Å². The van der Waals surface area contributed by atoms with Gasteiger partial charge in [-0.2, -0.15) is 0 Å². The van der Waals surface area contributed by atoms with Crippen molar-refractivity contribution in [2.24, 2.45) is 5.73 Å². The lowest BCUT2D eigenvalue weighted by molar-refractivity contribution is 0.0175. The number of benzene rings is 1. The van der Waals surface area contributed by atoms with Gasteiger partial charge in [0.15, 0.2) is 0 Å². The van der Waals surface area contributed by atoms with Crippen LogP contribution in [0.3, 0.4) is 0 Å². The maximum Gasteiger partial charge on any atom is 0.254 e. The summed E-state index contributed by atoms with van der Waals surface area (Å²) in [5.41, 5.74) is 5.79. The maximum absolute atomic E-state index is 13.9. The van der Waals surface area contributed by atoms with Crippen LogP contribution in [0.25, 0.3) is 0 Å². The van der Waals surface area contributed by atoms with Crippen molar-refractivity contribution in [3.63, 3.8) is 0 Å². The first-order valence-electron chi connectivity index (χ1n) is 6.46. The molecule has 0 radical (unpaired) electrons. The molecule has 1 amide bonds. The molecule has 0 aliphatic heterocycles. The van der Waals surface area contributed by atoms with Crippen LogP contribution in [0.5, 0.6) is 0 Å². The zero-order valence-corrected chi connectivity index (χ0v) is 11.3. The number of hydrogen-bond acceptors (Lipinski definition) is 3. The molecule has 0 bridgehead atoms. The Kier molecular flexibility index (Phi) is 4.72. The van der Waals surface area contributed by atoms with Crippen LogP contribution in [0.1, 0.15) is 28.8 Å². The second kappa shape index (κ2) is 6.51. The van der Waals surface area contributed by atoms with Crippen molar-refractivity contribution in [3.05, 3.63) is 35.1 Å². The molecule has 2 rings (SSSR count). The Morgan fingerprint density at radius 1 is 1.55 bits per heavy atom. The second-order valence-corrected chi connectivity index (χ2v) is 4.70. The molecule has 1 aliphatic rings. The Bertz CT molecular complexity index is 557. The Morgan fingerprint density at radius 2 is 2.30 bits per heavy atom. The van der Waals surface area contributed by atoms with E-state index in [1.165, 1.54) is 12.1 Å². The molecule has 4 nitrogen and oxygen atoms in total. The number of ether oxygens (including phenoxy) is 1. The monoisotopic (exact) mass is 276 g/mol. The molecule has 3 N–H and O–H groups in total. The van der Waals surface area contributed by atoms with Gasteiger partial charge in [-0.3, -0.25) is 4.79 Å². The molecule has 5 heteroatoms. The van der Waals surface area contributed by atoms with Gasteiger partial charge in [0, 0.05) is 18.7 Å².